The molecule has 2 aromatic rings. The van der Waals surface area contributed by atoms with Gasteiger partial charge in [-0.05, 0) is 0 Å². The second kappa shape index (κ2) is 6.20. The summed E-state index contributed by atoms with van der Waals surface area (Å²) in [6.07, 6.45) is 0. The summed E-state index contributed by atoms with van der Waals surface area (Å²) < 4.78 is 0. The van der Waals surface area contributed by atoms with E-state index in [4.69, 9.17) is 5.31 Å². The molecule has 25 heavy (non-hydrogen) atoms. The van der Waals surface area contributed by atoms with Gasteiger partial charge in [-0.25, -0.2) is 0 Å². The Morgan fingerprint density at radius 2 is 1.68 bits per heavy atom. The Bertz CT molecular complexity index is 916. The maximum absolute atomic E-state index is 12.8. The van der Waals surface area contributed by atoms with E-state index in [-0.39, 0.29) is 17.1 Å². The normalized spacial score (nSPS) is 14.6. The van der Waals surface area contributed by atoms with Gasteiger partial charge in [-0.2, -0.15) is 0 Å². The number of carbonyl (C=O) groups is 2. The number of carbonyl (C=O) groups excluding carboxylic acids is 2. The van der Waals surface area contributed by atoms with Gasteiger partial charge in [0.25, 0.3) is 0 Å². The summed E-state index contributed by atoms with van der Waals surface area (Å²) in [5, 5.41) is 7.56. The Kier molecular flexibility index (Phi) is 4.20. The van der Waals surface area contributed by atoms with Crippen LogP contribution in [0, 0.1) is 18.2 Å². The molecule has 2 N–H and O–H groups in total. The van der Waals surface area contributed by atoms with Crippen LogP contribution in [0.15, 0.2) is 29.1 Å². The number of nitrogens with zero attached hydrogens (tertiary/aromatic N) is 2. The molecule has 1 aromatic heterocycles. The Hall–Kier alpha value is -2.90. The molecule has 1 aliphatic heterocycles. The number of fused-ring (bicyclic) bond motifs is 1. The van der Waals surface area contributed by atoms with E-state index in [1.807, 2.05) is 13.8 Å². The predicted octanol–water partition coefficient (Wildman–Crippen LogP) is 1.16. The van der Waals surface area contributed by atoms with Gasteiger partial charge in [-0.3, -0.25) is 0 Å². The van der Waals surface area contributed by atoms with Gasteiger partial charge in [-0.15, -0.1) is 0 Å². The number of rotatable bonds is 4. The molecule has 0 fully saturated rings. The molecule has 8 heteroatoms. The van der Waals surface area contributed by atoms with Crippen molar-refractivity contribution in [3.63, 3.8) is 0 Å². The van der Waals surface area contributed by atoms with E-state index >= 15 is 0 Å². The second-order valence-corrected chi connectivity index (χ2v) is 6.31. The summed E-state index contributed by atoms with van der Waals surface area (Å²) in [5.41, 5.74) is 0.550. The number of aromatic nitrogens is 2. The van der Waals surface area contributed by atoms with Gasteiger partial charge in [0.15, 0.2) is 0 Å². The molecule has 0 saturated carbocycles. The van der Waals surface area contributed by atoms with Crippen LogP contribution in [0.5, 0.6) is 0 Å². The number of hydrogen-bond acceptors (Lipinski definition) is 5. The Morgan fingerprint density at radius 3 is 2.16 bits per heavy atom. The zero-order chi connectivity index (χ0) is 18.3. The van der Waals surface area contributed by atoms with Crippen LogP contribution in [0.3, 0.4) is 0 Å². The maximum atomic E-state index is 12.8. The molecule has 1 unspecified atom stereocenters. The number of aryl methyl sites for hydroxylation is 1. The van der Waals surface area contributed by atoms with Crippen LogP contribution in [-0.2, 0) is 0 Å². The molecular formula is C17H17BN4O3. The summed E-state index contributed by atoms with van der Waals surface area (Å²) in [5.74, 6) is -0.632. The first kappa shape index (κ1) is 16.9. The number of H-pyrrole nitrogens is 1. The Morgan fingerprint density at radius 1 is 1.12 bits per heavy atom. The molecule has 0 spiro atoms. The number of amides is 2. The predicted molar refractivity (Wildman–Crippen MR) is 92.2 cm³/mol. The number of nitrogens with one attached hydrogen (secondary N) is 2. The van der Waals surface area contributed by atoms with Crippen molar-refractivity contribution in [2.45, 2.75) is 26.8 Å². The van der Waals surface area contributed by atoms with Gasteiger partial charge >= 0.3 is 144 Å². The van der Waals surface area contributed by atoms with Crippen LogP contribution >= 0.6 is 0 Å². The van der Waals surface area contributed by atoms with Crippen molar-refractivity contribution < 1.29 is 9.59 Å². The van der Waals surface area contributed by atoms with Crippen molar-refractivity contribution in [2.75, 3.05) is 0 Å². The van der Waals surface area contributed by atoms with Crippen LogP contribution in [0.1, 0.15) is 52.1 Å². The van der Waals surface area contributed by atoms with Crippen LogP contribution in [0.2, 0.25) is 0 Å². The summed E-state index contributed by atoms with van der Waals surface area (Å²) in [6, 6.07) is 5.90. The SMILES string of the molecule is Cc1nc(C(C(C)C)N2C(=O)c3ccccc3C2=O)c(B=N)c(=O)[nH]1. The topological polar surface area (TPSA) is 107 Å². The van der Waals surface area contributed by atoms with Crippen molar-refractivity contribution in [2.24, 2.45) is 5.92 Å². The van der Waals surface area contributed by atoms with Crippen LogP contribution < -0.4 is 11.0 Å². The van der Waals surface area contributed by atoms with E-state index < -0.39 is 23.4 Å². The molecule has 0 saturated heterocycles. The van der Waals surface area contributed by atoms with E-state index in [1.165, 1.54) is 0 Å². The molecular weight excluding hydrogens is 319 g/mol. The molecule has 0 radical (unpaired) electrons. The van der Waals surface area contributed by atoms with Crippen molar-refractivity contribution in [1.82, 2.24) is 14.9 Å². The summed E-state index contributed by atoms with van der Waals surface area (Å²) >= 11 is 0. The molecule has 1 atom stereocenters. The first-order chi connectivity index (χ1) is 11.9. The van der Waals surface area contributed by atoms with Gasteiger partial charge in [-0.1, -0.05) is 0 Å². The average Bonchev–Trinajstić information content (AvgIpc) is 2.80. The third-order valence-electron chi connectivity index (χ3n) is 4.26. The fourth-order valence-electron chi connectivity index (χ4n) is 3.18. The molecule has 0 bridgehead atoms. The average molecular weight is 336 g/mol. The number of hydrogen-bond donors (Lipinski definition) is 2. The number of benzene rings is 1. The van der Waals surface area contributed by atoms with Crippen molar-refractivity contribution in [1.29, 1.82) is 5.31 Å². The molecule has 7 nitrogen and oxygen atoms in total. The van der Waals surface area contributed by atoms with Gasteiger partial charge in [0.2, 0.25) is 0 Å². The van der Waals surface area contributed by atoms with Gasteiger partial charge in [0.05, 0.1) is 0 Å². The third kappa shape index (κ3) is 2.63. The van der Waals surface area contributed by atoms with Crippen LogP contribution in [0.4, 0.5) is 0 Å². The molecule has 1 aliphatic rings. The molecule has 126 valence electrons. The van der Waals surface area contributed by atoms with Gasteiger partial charge < -0.3 is 0 Å². The Balaban J connectivity index is 2.20. The van der Waals surface area contributed by atoms with Gasteiger partial charge in [0.1, 0.15) is 0 Å². The number of aromatic amines is 1. The standard InChI is InChI=1S/C17H17BN4O3/c1-8(2)14(13-12(18-19)15(23)21-9(3)20-13)22-16(24)10-6-4-5-7-11(10)17(22)25/h4-8,14,19H,1-3H3,(H,20,21,23). The second-order valence-electron chi connectivity index (χ2n) is 6.31. The first-order valence-electron chi connectivity index (χ1n) is 7.95. The van der Waals surface area contributed by atoms with Crippen molar-refractivity contribution in [3.8, 4) is 0 Å². The molecule has 1 aromatic carbocycles. The molecule has 2 amide bonds. The Labute approximate surface area is 144 Å². The molecule has 0 aliphatic carbocycles. The van der Waals surface area contributed by atoms with E-state index in [2.05, 4.69) is 9.97 Å². The van der Waals surface area contributed by atoms with Crippen molar-refractivity contribution >= 4 is 24.3 Å². The zero-order valence-electron chi connectivity index (χ0n) is 14.2. The zero-order valence-corrected chi connectivity index (χ0v) is 14.2. The first-order valence-corrected chi connectivity index (χ1v) is 7.95. The van der Waals surface area contributed by atoms with Gasteiger partial charge in [0, 0.05) is 0 Å². The fraction of sp³-hybridized carbons (Fsp3) is 0.294. The summed E-state index contributed by atoms with van der Waals surface area (Å²) in [6.45, 7) is 5.32. The van der Waals surface area contributed by atoms with Crippen LogP contribution in [-0.4, -0.2) is 33.8 Å². The van der Waals surface area contributed by atoms with Crippen molar-refractivity contribution in [3.05, 3.63) is 57.3 Å². The minimum absolute atomic E-state index is 0.0563. The third-order valence-corrected chi connectivity index (χ3v) is 4.26. The summed E-state index contributed by atoms with van der Waals surface area (Å²) in [4.78, 5) is 45.9. The molecule has 3 rings (SSSR count). The number of imide groups is 1. The fourth-order valence-corrected chi connectivity index (χ4v) is 3.18. The minimum atomic E-state index is -0.731. The van der Waals surface area contributed by atoms with E-state index in [1.54, 1.807) is 31.2 Å². The van der Waals surface area contributed by atoms with E-state index in [0.29, 0.717) is 17.0 Å². The molecule has 2 heterocycles. The van der Waals surface area contributed by atoms with E-state index in [0.717, 1.165) is 12.0 Å². The van der Waals surface area contributed by atoms with Crippen LogP contribution in [0.25, 0.3) is 0 Å². The quantitative estimate of drug-likeness (QED) is 0.645. The van der Waals surface area contributed by atoms with E-state index in [9.17, 15) is 14.4 Å². The monoisotopic (exact) mass is 336 g/mol. The summed E-state index contributed by atoms with van der Waals surface area (Å²) in [7, 11) is 0.911.